The molecule has 0 spiro atoms. The summed E-state index contributed by atoms with van der Waals surface area (Å²) in [6, 6.07) is 2.24. The second-order valence-electron chi connectivity index (χ2n) is 4.32. The lowest BCUT2D eigenvalue weighted by Gasteiger charge is -2.17. The zero-order valence-electron chi connectivity index (χ0n) is 11.2. The van der Waals surface area contributed by atoms with Crippen molar-refractivity contribution in [3.63, 3.8) is 0 Å². The van der Waals surface area contributed by atoms with E-state index in [0.29, 0.717) is 0 Å². The number of hydrogen-bond donors (Lipinski definition) is 1. The Morgan fingerprint density at radius 1 is 1.30 bits per heavy atom. The van der Waals surface area contributed by atoms with Crippen LogP contribution in [0.2, 0.25) is 0 Å². The van der Waals surface area contributed by atoms with Gasteiger partial charge in [0.25, 0.3) is 0 Å². The van der Waals surface area contributed by atoms with Crippen molar-refractivity contribution in [1.82, 2.24) is 0 Å². The molecule has 112 valence electrons. The van der Waals surface area contributed by atoms with Crippen molar-refractivity contribution < 1.29 is 32.5 Å². The normalized spacial score (nSPS) is 12.9. The molecule has 1 N–H and O–H groups in total. The maximum Gasteiger partial charge on any atom is 0.420 e. The Balaban J connectivity index is 3.32. The van der Waals surface area contributed by atoms with Gasteiger partial charge < -0.3 is 14.6 Å². The molecule has 0 aromatic heterocycles. The minimum absolute atomic E-state index is 0.0290. The Kier molecular flexibility index (Phi) is 4.86. The van der Waals surface area contributed by atoms with Crippen LogP contribution in [0.15, 0.2) is 12.1 Å². The largest absolute Gasteiger partial charge is 0.493 e. The van der Waals surface area contributed by atoms with E-state index in [9.17, 15) is 18.0 Å². The molecule has 0 saturated carbocycles. The fourth-order valence-electron chi connectivity index (χ4n) is 1.79. The summed E-state index contributed by atoms with van der Waals surface area (Å²) in [7, 11) is 2.34. The standard InChI is InChI=1S/C13H15F3O4/c1-7(12(17)18)4-8-5-9(13(14,15)16)11(20-3)10(6-8)19-2/h5-7H,4H2,1-3H3,(H,17,18). The van der Waals surface area contributed by atoms with Crippen molar-refractivity contribution in [3.8, 4) is 11.5 Å². The minimum Gasteiger partial charge on any atom is -0.493 e. The first-order chi connectivity index (χ1) is 9.20. The van der Waals surface area contributed by atoms with Crippen LogP contribution in [-0.2, 0) is 17.4 Å². The SMILES string of the molecule is COc1cc(CC(C)C(=O)O)cc(C(F)(F)F)c1OC. The monoisotopic (exact) mass is 292 g/mol. The van der Waals surface area contributed by atoms with Gasteiger partial charge in [-0.1, -0.05) is 6.92 Å². The second-order valence-corrected chi connectivity index (χ2v) is 4.32. The first-order valence-electron chi connectivity index (χ1n) is 5.75. The Morgan fingerprint density at radius 2 is 1.90 bits per heavy atom. The van der Waals surface area contributed by atoms with Gasteiger partial charge in [0.1, 0.15) is 5.56 Å². The maximum atomic E-state index is 13.0. The third kappa shape index (κ3) is 3.55. The predicted molar refractivity (Wildman–Crippen MR) is 65.1 cm³/mol. The van der Waals surface area contributed by atoms with Crippen molar-refractivity contribution >= 4 is 5.97 Å². The number of ether oxygens (including phenoxy) is 2. The van der Waals surface area contributed by atoms with Crippen LogP contribution in [0, 0.1) is 5.92 Å². The van der Waals surface area contributed by atoms with Gasteiger partial charge in [-0.15, -0.1) is 0 Å². The third-order valence-corrected chi connectivity index (χ3v) is 2.81. The molecule has 4 nitrogen and oxygen atoms in total. The van der Waals surface area contributed by atoms with E-state index in [1.807, 2.05) is 0 Å². The third-order valence-electron chi connectivity index (χ3n) is 2.81. The summed E-state index contributed by atoms with van der Waals surface area (Å²) in [5.41, 5.74) is -0.753. The first kappa shape index (κ1) is 16.1. The molecule has 20 heavy (non-hydrogen) atoms. The lowest BCUT2D eigenvalue weighted by molar-refractivity contribution is -0.141. The first-order valence-corrected chi connectivity index (χ1v) is 5.75. The van der Waals surface area contributed by atoms with Crippen LogP contribution in [0.1, 0.15) is 18.1 Å². The molecular formula is C13H15F3O4. The summed E-state index contributed by atoms with van der Waals surface area (Å²) < 4.78 is 48.5. The number of carboxylic acid groups (broad SMARTS) is 1. The molecule has 0 saturated heterocycles. The van der Waals surface area contributed by atoms with Crippen molar-refractivity contribution in [1.29, 1.82) is 0 Å². The van der Waals surface area contributed by atoms with Crippen LogP contribution < -0.4 is 9.47 Å². The van der Waals surface area contributed by atoms with E-state index in [1.165, 1.54) is 20.1 Å². The van der Waals surface area contributed by atoms with E-state index in [2.05, 4.69) is 0 Å². The lowest BCUT2D eigenvalue weighted by atomic mass is 9.98. The summed E-state index contributed by atoms with van der Waals surface area (Å²) >= 11 is 0. The molecular weight excluding hydrogens is 277 g/mol. The van der Waals surface area contributed by atoms with Gasteiger partial charge in [0, 0.05) is 0 Å². The molecule has 0 amide bonds. The Morgan fingerprint density at radius 3 is 2.30 bits per heavy atom. The summed E-state index contributed by atoms with van der Waals surface area (Å²) in [6.07, 6.45) is -4.64. The molecule has 0 aliphatic rings. The van der Waals surface area contributed by atoms with Crippen molar-refractivity contribution in [2.75, 3.05) is 14.2 Å². The van der Waals surface area contributed by atoms with E-state index in [-0.39, 0.29) is 17.7 Å². The molecule has 1 unspecified atom stereocenters. The quantitative estimate of drug-likeness (QED) is 0.906. The Labute approximate surface area is 114 Å². The average Bonchev–Trinajstić information content (AvgIpc) is 2.36. The van der Waals surface area contributed by atoms with Crippen LogP contribution in [0.4, 0.5) is 13.2 Å². The fourth-order valence-corrected chi connectivity index (χ4v) is 1.79. The van der Waals surface area contributed by atoms with Gasteiger partial charge in [0.2, 0.25) is 0 Å². The van der Waals surface area contributed by atoms with Gasteiger partial charge in [-0.2, -0.15) is 13.2 Å². The van der Waals surface area contributed by atoms with Crippen LogP contribution in [-0.4, -0.2) is 25.3 Å². The molecule has 1 rings (SSSR count). The molecule has 0 aliphatic carbocycles. The summed E-state index contributed by atoms with van der Waals surface area (Å²) in [6.45, 7) is 1.42. The number of benzene rings is 1. The average molecular weight is 292 g/mol. The van der Waals surface area contributed by atoms with Crippen molar-refractivity contribution in [2.24, 2.45) is 5.92 Å². The molecule has 7 heteroatoms. The van der Waals surface area contributed by atoms with Gasteiger partial charge in [-0.25, -0.2) is 0 Å². The van der Waals surface area contributed by atoms with E-state index >= 15 is 0 Å². The number of hydrogen-bond acceptors (Lipinski definition) is 3. The highest BCUT2D eigenvalue weighted by molar-refractivity contribution is 5.70. The molecule has 1 aromatic rings. The summed E-state index contributed by atoms with van der Waals surface area (Å²) in [5, 5.41) is 8.82. The zero-order valence-corrected chi connectivity index (χ0v) is 11.2. The lowest BCUT2D eigenvalue weighted by Crippen LogP contribution is -2.14. The molecule has 1 atom stereocenters. The smallest absolute Gasteiger partial charge is 0.420 e. The Bertz CT molecular complexity index is 497. The van der Waals surface area contributed by atoms with Crippen molar-refractivity contribution in [2.45, 2.75) is 19.5 Å². The highest BCUT2D eigenvalue weighted by Gasteiger charge is 2.36. The van der Waals surface area contributed by atoms with Gasteiger partial charge in [-0.3, -0.25) is 4.79 Å². The maximum absolute atomic E-state index is 13.0. The van der Waals surface area contributed by atoms with Crippen molar-refractivity contribution in [3.05, 3.63) is 23.3 Å². The van der Waals surface area contributed by atoms with Gasteiger partial charge in [0.05, 0.1) is 20.1 Å². The number of halogens is 3. The van der Waals surface area contributed by atoms with Gasteiger partial charge in [-0.05, 0) is 24.1 Å². The van der Waals surface area contributed by atoms with Gasteiger partial charge >= 0.3 is 12.1 Å². The zero-order chi connectivity index (χ0) is 15.5. The van der Waals surface area contributed by atoms with Crippen LogP contribution >= 0.6 is 0 Å². The van der Waals surface area contributed by atoms with E-state index in [1.54, 1.807) is 0 Å². The number of alkyl halides is 3. The summed E-state index contributed by atoms with van der Waals surface area (Å²) in [5.74, 6) is -2.36. The number of methoxy groups -OCH3 is 2. The second kappa shape index (κ2) is 6.02. The van der Waals surface area contributed by atoms with Crippen LogP contribution in [0.3, 0.4) is 0 Å². The number of carboxylic acids is 1. The minimum atomic E-state index is -4.61. The number of aliphatic carboxylic acids is 1. The Hall–Kier alpha value is -1.92. The molecule has 0 radical (unpaired) electrons. The highest BCUT2D eigenvalue weighted by atomic mass is 19.4. The summed E-state index contributed by atoms with van der Waals surface area (Å²) in [4.78, 5) is 10.8. The predicted octanol–water partition coefficient (Wildman–Crippen LogP) is 2.99. The highest BCUT2D eigenvalue weighted by Crippen LogP contribution is 2.42. The number of rotatable bonds is 5. The fraction of sp³-hybridized carbons (Fsp3) is 0.462. The molecule has 0 bridgehead atoms. The van der Waals surface area contributed by atoms with Crippen LogP contribution in [0.25, 0.3) is 0 Å². The number of carbonyl (C=O) groups is 1. The van der Waals surface area contributed by atoms with E-state index in [4.69, 9.17) is 14.6 Å². The van der Waals surface area contributed by atoms with E-state index < -0.39 is 29.4 Å². The molecule has 0 aliphatic heterocycles. The van der Waals surface area contributed by atoms with Crippen LogP contribution in [0.5, 0.6) is 11.5 Å². The van der Waals surface area contributed by atoms with E-state index in [0.717, 1.165) is 13.2 Å². The molecule has 1 aromatic carbocycles. The molecule has 0 heterocycles. The topological polar surface area (TPSA) is 55.8 Å². The van der Waals surface area contributed by atoms with Gasteiger partial charge in [0.15, 0.2) is 11.5 Å². The molecule has 0 fully saturated rings.